The van der Waals surface area contributed by atoms with Gasteiger partial charge in [0.05, 0.1) is 42.7 Å². The smallest absolute Gasteiger partial charge is 0.338 e. The molecule has 1 aliphatic rings. The second-order valence-corrected chi connectivity index (χ2v) is 9.09. The van der Waals surface area contributed by atoms with Crippen LogP contribution in [0.5, 0.6) is 17.2 Å². The Bertz CT molecular complexity index is 1570. The van der Waals surface area contributed by atoms with Gasteiger partial charge in [0.1, 0.15) is 5.75 Å². The summed E-state index contributed by atoms with van der Waals surface area (Å²) in [6.45, 7) is 4.88. The number of methoxy groups -OCH3 is 2. The third-order valence-corrected chi connectivity index (χ3v) is 6.67. The number of benzene rings is 2. The summed E-state index contributed by atoms with van der Waals surface area (Å²) in [5, 5.41) is 0. The van der Waals surface area contributed by atoms with E-state index < -0.39 is 18.0 Å². The van der Waals surface area contributed by atoms with Gasteiger partial charge in [-0.05, 0) is 55.3 Å². The van der Waals surface area contributed by atoms with Crippen molar-refractivity contribution in [3.8, 4) is 17.2 Å². The molecule has 0 fully saturated rings. The zero-order valence-corrected chi connectivity index (χ0v) is 21.9. The number of aromatic nitrogens is 1. The zero-order valence-electron chi connectivity index (χ0n) is 21.1. The Kier molecular flexibility index (Phi) is 7.58. The second-order valence-electron chi connectivity index (χ2n) is 8.08. The maximum Gasteiger partial charge on any atom is 0.338 e. The molecule has 0 saturated carbocycles. The van der Waals surface area contributed by atoms with Crippen molar-refractivity contribution in [1.82, 2.24) is 4.57 Å². The molecule has 1 aliphatic heterocycles. The van der Waals surface area contributed by atoms with E-state index in [1.165, 1.54) is 29.9 Å². The SMILES string of the molecule is CCOC(=O)C1=C(C)N=c2s/c(=C\c3ccc(OC)cc3)c(=O)n2[C@@H]1c1ccc(OC(C)=O)c(OC)c1. The van der Waals surface area contributed by atoms with Crippen LogP contribution in [-0.2, 0) is 14.3 Å². The molecule has 4 rings (SSSR count). The Hall–Kier alpha value is -4.18. The number of esters is 2. The van der Waals surface area contributed by atoms with Gasteiger partial charge in [0, 0.05) is 6.92 Å². The summed E-state index contributed by atoms with van der Waals surface area (Å²) >= 11 is 1.23. The number of ether oxygens (including phenoxy) is 4. The number of rotatable bonds is 7. The van der Waals surface area contributed by atoms with Crippen LogP contribution in [0.2, 0.25) is 0 Å². The van der Waals surface area contributed by atoms with Crippen molar-refractivity contribution in [2.24, 2.45) is 4.99 Å². The van der Waals surface area contributed by atoms with E-state index in [4.69, 9.17) is 18.9 Å². The minimum atomic E-state index is -0.825. The third-order valence-electron chi connectivity index (χ3n) is 5.69. The fraction of sp³-hybridized carbons (Fsp3) is 0.259. The number of carbonyl (C=O) groups excluding carboxylic acids is 2. The minimum Gasteiger partial charge on any atom is -0.497 e. The van der Waals surface area contributed by atoms with Crippen molar-refractivity contribution in [1.29, 1.82) is 0 Å². The Morgan fingerprint density at radius 1 is 1.08 bits per heavy atom. The van der Waals surface area contributed by atoms with Crippen molar-refractivity contribution in [3.05, 3.63) is 84.5 Å². The minimum absolute atomic E-state index is 0.166. The molecule has 0 unspecified atom stereocenters. The lowest BCUT2D eigenvalue weighted by Gasteiger charge is -2.25. The molecule has 1 atom stereocenters. The van der Waals surface area contributed by atoms with Gasteiger partial charge in [-0.15, -0.1) is 0 Å². The lowest BCUT2D eigenvalue weighted by molar-refractivity contribution is -0.139. The van der Waals surface area contributed by atoms with Crippen LogP contribution >= 0.6 is 11.3 Å². The van der Waals surface area contributed by atoms with Gasteiger partial charge in [-0.2, -0.15) is 0 Å². The molecule has 9 nitrogen and oxygen atoms in total. The molecule has 37 heavy (non-hydrogen) atoms. The van der Waals surface area contributed by atoms with Crippen LogP contribution in [0.4, 0.5) is 0 Å². The molecule has 0 saturated heterocycles. The molecule has 1 aromatic heterocycles. The number of hydrogen-bond acceptors (Lipinski definition) is 9. The predicted octanol–water partition coefficient (Wildman–Crippen LogP) is 2.74. The summed E-state index contributed by atoms with van der Waals surface area (Å²) in [5.74, 6) is 0.149. The van der Waals surface area contributed by atoms with Gasteiger partial charge >= 0.3 is 11.9 Å². The predicted molar refractivity (Wildman–Crippen MR) is 138 cm³/mol. The van der Waals surface area contributed by atoms with E-state index in [1.54, 1.807) is 45.2 Å². The molecule has 2 aromatic carbocycles. The van der Waals surface area contributed by atoms with Gasteiger partial charge in [0.25, 0.3) is 5.56 Å². The Balaban J connectivity index is 1.92. The Morgan fingerprint density at radius 2 is 1.81 bits per heavy atom. The highest BCUT2D eigenvalue weighted by Crippen LogP contribution is 2.36. The van der Waals surface area contributed by atoms with Gasteiger partial charge in [0.15, 0.2) is 16.3 Å². The number of fused-ring (bicyclic) bond motifs is 1. The molecule has 192 valence electrons. The molecule has 0 radical (unpaired) electrons. The van der Waals surface area contributed by atoms with E-state index in [2.05, 4.69) is 4.99 Å². The van der Waals surface area contributed by atoms with Crippen molar-refractivity contribution in [2.75, 3.05) is 20.8 Å². The first kappa shape index (κ1) is 25.9. The van der Waals surface area contributed by atoms with Gasteiger partial charge < -0.3 is 18.9 Å². The molecule has 0 amide bonds. The molecular formula is C27H26N2O7S. The molecule has 10 heteroatoms. The summed E-state index contributed by atoms with van der Waals surface area (Å²) in [4.78, 5) is 43.3. The zero-order chi connectivity index (χ0) is 26.7. The summed E-state index contributed by atoms with van der Waals surface area (Å²) < 4.78 is 23.1. The van der Waals surface area contributed by atoms with Crippen LogP contribution in [0.3, 0.4) is 0 Å². The van der Waals surface area contributed by atoms with E-state index in [1.807, 2.05) is 24.3 Å². The van der Waals surface area contributed by atoms with Crippen molar-refractivity contribution in [2.45, 2.75) is 26.8 Å². The highest BCUT2D eigenvalue weighted by Gasteiger charge is 2.34. The third kappa shape index (κ3) is 5.19. The molecule has 0 spiro atoms. The van der Waals surface area contributed by atoms with E-state index in [0.29, 0.717) is 26.3 Å². The number of thiazole rings is 1. The van der Waals surface area contributed by atoms with Crippen LogP contribution in [0, 0.1) is 0 Å². The van der Waals surface area contributed by atoms with Crippen molar-refractivity contribution >= 4 is 29.4 Å². The van der Waals surface area contributed by atoms with Crippen LogP contribution in [-0.4, -0.2) is 37.3 Å². The van der Waals surface area contributed by atoms with E-state index >= 15 is 0 Å². The summed E-state index contributed by atoms with van der Waals surface area (Å²) in [7, 11) is 3.03. The highest BCUT2D eigenvalue weighted by atomic mass is 32.1. The number of hydrogen-bond donors (Lipinski definition) is 0. The van der Waals surface area contributed by atoms with E-state index in [-0.39, 0.29) is 29.2 Å². The van der Waals surface area contributed by atoms with Gasteiger partial charge in [-0.3, -0.25) is 14.2 Å². The van der Waals surface area contributed by atoms with Crippen LogP contribution in [0.1, 0.15) is 37.9 Å². The average Bonchev–Trinajstić information content (AvgIpc) is 3.17. The van der Waals surface area contributed by atoms with Crippen molar-refractivity contribution in [3.63, 3.8) is 0 Å². The first-order chi connectivity index (χ1) is 17.8. The van der Waals surface area contributed by atoms with Gasteiger partial charge in [-0.25, -0.2) is 9.79 Å². The van der Waals surface area contributed by atoms with Crippen LogP contribution in [0.25, 0.3) is 6.08 Å². The second kappa shape index (κ2) is 10.8. The highest BCUT2D eigenvalue weighted by molar-refractivity contribution is 7.07. The lowest BCUT2D eigenvalue weighted by Crippen LogP contribution is -2.40. The standard InChI is InChI=1S/C27H26N2O7S/c1-6-35-26(32)23-15(2)28-27-29(24(23)18-9-12-20(36-16(3)30)21(14-18)34-5)25(31)22(37-27)13-17-7-10-19(33-4)11-8-17/h7-14,24H,6H2,1-5H3/b22-13-/t24-/m1/s1. The fourth-order valence-electron chi connectivity index (χ4n) is 4.05. The lowest BCUT2D eigenvalue weighted by atomic mass is 9.95. The maximum atomic E-state index is 13.7. The van der Waals surface area contributed by atoms with E-state index in [9.17, 15) is 14.4 Å². The quantitative estimate of drug-likeness (QED) is 0.347. The van der Waals surface area contributed by atoms with Crippen LogP contribution in [0.15, 0.2) is 63.5 Å². The number of allylic oxidation sites excluding steroid dienone is 1. The summed E-state index contributed by atoms with van der Waals surface area (Å²) in [6, 6.07) is 11.4. The fourth-order valence-corrected chi connectivity index (χ4v) is 5.10. The van der Waals surface area contributed by atoms with Gasteiger partial charge in [-0.1, -0.05) is 29.5 Å². The first-order valence-electron chi connectivity index (χ1n) is 11.5. The normalized spacial score (nSPS) is 15.1. The largest absolute Gasteiger partial charge is 0.497 e. The summed E-state index contributed by atoms with van der Waals surface area (Å²) in [5.41, 5.74) is 1.77. The van der Waals surface area contributed by atoms with E-state index in [0.717, 1.165) is 5.56 Å². The Labute approximate surface area is 216 Å². The van der Waals surface area contributed by atoms with Crippen molar-refractivity contribution < 1.29 is 28.5 Å². The monoisotopic (exact) mass is 522 g/mol. The first-order valence-corrected chi connectivity index (χ1v) is 12.3. The topological polar surface area (TPSA) is 105 Å². The molecular weight excluding hydrogens is 496 g/mol. The van der Waals surface area contributed by atoms with Crippen LogP contribution < -0.4 is 29.1 Å². The average molecular weight is 523 g/mol. The Morgan fingerprint density at radius 3 is 2.43 bits per heavy atom. The molecule has 0 bridgehead atoms. The maximum absolute atomic E-state index is 13.7. The molecule has 0 N–H and O–H groups in total. The molecule has 2 heterocycles. The molecule has 3 aromatic rings. The summed E-state index contributed by atoms with van der Waals surface area (Å²) in [6.07, 6.45) is 1.77. The number of carbonyl (C=O) groups is 2. The van der Waals surface area contributed by atoms with Gasteiger partial charge in [0.2, 0.25) is 0 Å². The molecule has 0 aliphatic carbocycles. The number of nitrogens with zero attached hydrogens (tertiary/aromatic N) is 2.